The molecule has 0 saturated heterocycles. The van der Waals surface area contributed by atoms with Crippen molar-refractivity contribution in [1.82, 2.24) is 4.90 Å². The lowest BCUT2D eigenvalue weighted by molar-refractivity contribution is -0.393. The molecule has 0 aliphatic carbocycles. The summed E-state index contributed by atoms with van der Waals surface area (Å²) in [6, 6.07) is 22.5. The Morgan fingerprint density at radius 1 is 0.791 bits per heavy atom. The number of ketones is 1. The van der Waals surface area contributed by atoms with Crippen molar-refractivity contribution in [2.24, 2.45) is 5.10 Å². The van der Waals surface area contributed by atoms with Crippen LogP contribution in [0.1, 0.15) is 69.4 Å². The van der Waals surface area contributed by atoms with Crippen LogP contribution in [-0.4, -0.2) is 32.1 Å². The minimum Gasteiger partial charge on any atom is -0.334 e. The molecule has 0 spiro atoms. The van der Waals surface area contributed by atoms with Gasteiger partial charge in [0, 0.05) is 44.1 Å². The average molecular weight is 588 g/mol. The molecule has 0 saturated carbocycles. The Balaban J connectivity index is 1.79. The van der Waals surface area contributed by atoms with Crippen LogP contribution in [0, 0.1) is 20.2 Å². The first-order valence-electron chi connectivity index (χ1n) is 14.4. The Kier molecular flexibility index (Phi) is 13.0. The number of carbonyl (C=O) groups is 2. The lowest BCUT2D eigenvalue weighted by Crippen LogP contribution is -2.30. The van der Waals surface area contributed by atoms with Crippen LogP contribution >= 0.6 is 0 Å². The van der Waals surface area contributed by atoms with Gasteiger partial charge in [-0.1, -0.05) is 86.8 Å². The van der Waals surface area contributed by atoms with Crippen LogP contribution in [0.15, 0.2) is 84.0 Å². The molecule has 43 heavy (non-hydrogen) atoms. The summed E-state index contributed by atoms with van der Waals surface area (Å²) in [5.74, 6) is -0.162. The Hall–Kier alpha value is -4.93. The molecule has 3 aromatic rings. The molecule has 0 fully saturated rings. The average Bonchev–Trinajstić information content (AvgIpc) is 3.01. The molecule has 0 radical (unpaired) electrons. The predicted molar refractivity (Wildman–Crippen MR) is 166 cm³/mol. The van der Waals surface area contributed by atoms with E-state index in [0.717, 1.165) is 48.9 Å². The molecule has 226 valence electrons. The number of anilines is 1. The van der Waals surface area contributed by atoms with E-state index in [9.17, 15) is 29.8 Å². The van der Waals surface area contributed by atoms with Crippen molar-refractivity contribution in [2.75, 3.05) is 5.43 Å². The van der Waals surface area contributed by atoms with Gasteiger partial charge in [0.1, 0.15) is 11.5 Å². The SMILES string of the molecule is CCCCCCC(=O)C/C(CCC(=O)N(Cc1ccccc1)Cc1ccccc1)=N\Nc1ccc([N+](=O)[O-])cc1[N+](=O)[O-]. The number of nitro benzene ring substituents is 2. The molecule has 0 aliphatic heterocycles. The third kappa shape index (κ3) is 11.1. The molecule has 1 amide bonds. The summed E-state index contributed by atoms with van der Waals surface area (Å²) >= 11 is 0. The minimum absolute atomic E-state index is 0.00937. The molecule has 0 unspecified atom stereocenters. The molecule has 3 aromatic carbocycles. The third-order valence-electron chi connectivity index (χ3n) is 6.85. The smallest absolute Gasteiger partial charge is 0.301 e. The van der Waals surface area contributed by atoms with E-state index in [-0.39, 0.29) is 36.6 Å². The monoisotopic (exact) mass is 587 g/mol. The van der Waals surface area contributed by atoms with Crippen LogP contribution in [0.5, 0.6) is 0 Å². The highest BCUT2D eigenvalue weighted by atomic mass is 16.6. The second-order valence-corrected chi connectivity index (χ2v) is 10.3. The summed E-state index contributed by atoms with van der Waals surface area (Å²) in [6.45, 7) is 2.90. The number of benzene rings is 3. The molecule has 11 heteroatoms. The maximum absolute atomic E-state index is 13.5. The summed E-state index contributed by atoms with van der Waals surface area (Å²) in [6.07, 6.45) is 4.37. The molecule has 1 N–H and O–H groups in total. The Bertz CT molecular complexity index is 1370. The van der Waals surface area contributed by atoms with Gasteiger partial charge in [-0.25, -0.2) is 0 Å². The summed E-state index contributed by atoms with van der Waals surface area (Å²) in [5.41, 5.74) is 3.97. The van der Waals surface area contributed by atoms with Crippen molar-refractivity contribution < 1.29 is 19.4 Å². The standard InChI is InChI=1S/C32H37N5O6/c1-2-3-4-11-16-29(38)21-27(33-34-30-19-18-28(36(40)41)22-31(30)37(42)43)17-20-32(39)35(23-25-12-7-5-8-13-25)24-26-14-9-6-10-15-26/h5-10,12-15,18-19,22,34H,2-4,11,16-17,20-21,23-24H2,1H3/b33-27-. The van der Waals surface area contributed by atoms with E-state index in [1.165, 1.54) is 6.07 Å². The normalized spacial score (nSPS) is 11.1. The molecule has 0 atom stereocenters. The number of nitro groups is 2. The fraction of sp³-hybridized carbons (Fsp3) is 0.344. The summed E-state index contributed by atoms with van der Waals surface area (Å²) < 4.78 is 0. The van der Waals surface area contributed by atoms with Gasteiger partial charge in [-0.3, -0.25) is 35.2 Å². The molecule has 11 nitrogen and oxygen atoms in total. The number of nitrogens with zero attached hydrogens (tertiary/aromatic N) is 4. The Morgan fingerprint density at radius 3 is 1.98 bits per heavy atom. The van der Waals surface area contributed by atoms with E-state index in [1.54, 1.807) is 4.90 Å². The van der Waals surface area contributed by atoms with E-state index in [1.807, 2.05) is 60.7 Å². The van der Waals surface area contributed by atoms with Crippen LogP contribution in [0.4, 0.5) is 17.1 Å². The van der Waals surface area contributed by atoms with Crippen LogP contribution < -0.4 is 5.43 Å². The van der Waals surface area contributed by atoms with Crippen molar-refractivity contribution in [3.05, 3.63) is 110 Å². The van der Waals surface area contributed by atoms with Gasteiger partial charge in [-0.05, 0) is 30.0 Å². The predicted octanol–water partition coefficient (Wildman–Crippen LogP) is 7.21. The van der Waals surface area contributed by atoms with Gasteiger partial charge in [-0.2, -0.15) is 5.10 Å². The van der Waals surface area contributed by atoms with Crippen LogP contribution in [-0.2, 0) is 22.7 Å². The third-order valence-corrected chi connectivity index (χ3v) is 6.85. The largest absolute Gasteiger partial charge is 0.334 e. The Labute approximate surface area is 250 Å². The summed E-state index contributed by atoms with van der Waals surface area (Å²) in [7, 11) is 0. The number of rotatable bonds is 18. The molecular formula is C32H37N5O6. The molecule has 0 aliphatic rings. The lowest BCUT2D eigenvalue weighted by Gasteiger charge is -2.23. The second-order valence-electron chi connectivity index (χ2n) is 10.3. The van der Waals surface area contributed by atoms with Gasteiger partial charge < -0.3 is 4.90 Å². The zero-order chi connectivity index (χ0) is 31.0. The fourth-order valence-corrected chi connectivity index (χ4v) is 4.52. The molecule has 3 rings (SSSR count). The van der Waals surface area contributed by atoms with Crippen molar-refractivity contribution in [3.8, 4) is 0 Å². The number of carbonyl (C=O) groups excluding carboxylic acids is 2. The fourth-order valence-electron chi connectivity index (χ4n) is 4.52. The number of hydrogen-bond acceptors (Lipinski definition) is 8. The van der Waals surface area contributed by atoms with Crippen molar-refractivity contribution in [1.29, 1.82) is 0 Å². The number of non-ortho nitro benzene ring substituents is 1. The first-order valence-corrected chi connectivity index (χ1v) is 14.4. The minimum atomic E-state index is -0.738. The number of unbranched alkanes of at least 4 members (excludes halogenated alkanes) is 3. The maximum atomic E-state index is 13.5. The molecule has 0 heterocycles. The first-order chi connectivity index (χ1) is 20.8. The lowest BCUT2D eigenvalue weighted by atomic mass is 10.0. The second kappa shape index (κ2) is 17.1. The Morgan fingerprint density at radius 2 is 1.42 bits per heavy atom. The van der Waals surface area contributed by atoms with Crippen LogP contribution in [0.3, 0.4) is 0 Å². The highest BCUT2D eigenvalue weighted by molar-refractivity contribution is 6.03. The van der Waals surface area contributed by atoms with Crippen molar-refractivity contribution in [2.45, 2.75) is 71.4 Å². The van der Waals surface area contributed by atoms with Gasteiger partial charge >= 0.3 is 5.69 Å². The molecule has 0 bridgehead atoms. The zero-order valence-corrected chi connectivity index (χ0v) is 24.3. The maximum Gasteiger partial charge on any atom is 0.301 e. The number of Topliss-reactive ketones (excluding diaryl/α,β-unsaturated/α-hetero) is 1. The highest BCUT2D eigenvalue weighted by Crippen LogP contribution is 2.29. The highest BCUT2D eigenvalue weighted by Gasteiger charge is 2.21. The number of hydrazone groups is 1. The zero-order valence-electron chi connectivity index (χ0n) is 24.3. The van der Waals surface area contributed by atoms with E-state index in [4.69, 9.17) is 0 Å². The number of nitrogens with one attached hydrogen (secondary N) is 1. The van der Waals surface area contributed by atoms with Gasteiger partial charge in [0.05, 0.1) is 15.9 Å². The quantitative estimate of drug-likeness (QED) is 0.0715. The molecule has 0 aromatic heterocycles. The van der Waals surface area contributed by atoms with E-state index < -0.39 is 21.2 Å². The van der Waals surface area contributed by atoms with Gasteiger partial charge in [-0.15, -0.1) is 0 Å². The van der Waals surface area contributed by atoms with E-state index in [0.29, 0.717) is 25.2 Å². The topological polar surface area (TPSA) is 148 Å². The van der Waals surface area contributed by atoms with E-state index >= 15 is 0 Å². The summed E-state index contributed by atoms with van der Waals surface area (Å²) in [5, 5.41) is 27.0. The van der Waals surface area contributed by atoms with Crippen LogP contribution in [0.2, 0.25) is 0 Å². The van der Waals surface area contributed by atoms with Crippen molar-refractivity contribution >= 4 is 34.5 Å². The van der Waals surface area contributed by atoms with Gasteiger partial charge in [0.15, 0.2) is 0 Å². The van der Waals surface area contributed by atoms with Gasteiger partial charge in [0.2, 0.25) is 5.91 Å². The van der Waals surface area contributed by atoms with Crippen molar-refractivity contribution in [3.63, 3.8) is 0 Å². The van der Waals surface area contributed by atoms with E-state index in [2.05, 4.69) is 17.5 Å². The number of amides is 1. The number of hydrogen-bond donors (Lipinski definition) is 1. The van der Waals surface area contributed by atoms with Crippen LogP contribution in [0.25, 0.3) is 0 Å². The van der Waals surface area contributed by atoms with Gasteiger partial charge in [0.25, 0.3) is 5.69 Å². The molecular weight excluding hydrogens is 550 g/mol. The first kappa shape index (κ1) is 32.6. The summed E-state index contributed by atoms with van der Waals surface area (Å²) in [4.78, 5) is 49.3.